The highest BCUT2D eigenvalue weighted by Crippen LogP contribution is 2.31. The zero-order chi connectivity index (χ0) is 19.3. The molecule has 2 N–H and O–H groups in total. The molecule has 6 heteroatoms. The highest BCUT2D eigenvalue weighted by Gasteiger charge is 2.36. The first-order chi connectivity index (χ1) is 12.9. The van der Waals surface area contributed by atoms with Crippen molar-refractivity contribution in [2.24, 2.45) is 17.3 Å². The molecule has 5 nitrogen and oxygen atoms in total. The molecule has 2 saturated heterocycles. The minimum atomic E-state index is 0. The van der Waals surface area contributed by atoms with Crippen molar-refractivity contribution in [1.29, 1.82) is 0 Å². The summed E-state index contributed by atoms with van der Waals surface area (Å²) in [4.78, 5) is 18.9. The summed E-state index contributed by atoms with van der Waals surface area (Å²) >= 11 is 0. The van der Waals surface area contributed by atoms with Gasteiger partial charge in [-0.25, -0.2) is 0 Å². The lowest BCUT2D eigenvalue weighted by atomic mass is 9.79. The van der Waals surface area contributed by atoms with Crippen LogP contribution in [0, 0.1) is 17.3 Å². The molecule has 2 aliphatic heterocycles. The maximum atomic E-state index is 12.1. The van der Waals surface area contributed by atoms with Crippen molar-refractivity contribution in [2.45, 2.75) is 59.0 Å². The lowest BCUT2D eigenvalue weighted by Crippen LogP contribution is -2.55. The summed E-state index contributed by atoms with van der Waals surface area (Å²) in [6.07, 6.45) is 7.86. The predicted octanol–water partition coefficient (Wildman–Crippen LogP) is 3.25. The van der Waals surface area contributed by atoms with Gasteiger partial charge in [-0.15, -0.1) is 12.4 Å². The van der Waals surface area contributed by atoms with Gasteiger partial charge in [-0.2, -0.15) is 0 Å². The minimum Gasteiger partial charge on any atom is -0.356 e. The first kappa shape index (κ1) is 23.1. The largest absolute Gasteiger partial charge is 0.356 e. The second kappa shape index (κ2) is 10.6. The van der Waals surface area contributed by atoms with E-state index in [0.717, 1.165) is 44.9 Å². The van der Waals surface area contributed by atoms with Crippen molar-refractivity contribution in [1.82, 2.24) is 20.5 Å². The Morgan fingerprint density at radius 1 is 1.36 bits per heavy atom. The number of aromatic nitrogens is 1. The van der Waals surface area contributed by atoms with Gasteiger partial charge in [0.05, 0.1) is 0 Å². The molecule has 1 aromatic rings. The van der Waals surface area contributed by atoms with Gasteiger partial charge in [0.1, 0.15) is 0 Å². The zero-order valence-corrected chi connectivity index (χ0v) is 18.4. The van der Waals surface area contributed by atoms with Gasteiger partial charge in [0.15, 0.2) is 0 Å². The lowest BCUT2D eigenvalue weighted by Gasteiger charge is -2.46. The number of hydrogen-bond acceptors (Lipinski definition) is 4. The molecule has 1 amide bonds. The summed E-state index contributed by atoms with van der Waals surface area (Å²) < 4.78 is 0. The zero-order valence-electron chi connectivity index (χ0n) is 17.6. The van der Waals surface area contributed by atoms with Gasteiger partial charge >= 0.3 is 0 Å². The molecule has 2 unspecified atom stereocenters. The number of carbonyl (C=O) groups excluding carboxylic acids is 1. The number of nitrogens with one attached hydrogen (secondary N) is 2. The monoisotopic (exact) mass is 408 g/mol. The number of likely N-dealkylation sites (tertiary alicyclic amines) is 1. The van der Waals surface area contributed by atoms with Crippen LogP contribution in [0.1, 0.15) is 52.0 Å². The van der Waals surface area contributed by atoms with Crippen LogP contribution in [0.15, 0.2) is 24.5 Å². The van der Waals surface area contributed by atoms with Gasteiger partial charge in [0.25, 0.3) is 0 Å². The Balaban J connectivity index is 0.00000280. The van der Waals surface area contributed by atoms with E-state index < -0.39 is 0 Å². The van der Waals surface area contributed by atoms with E-state index >= 15 is 0 Å². The van der Waals surface area contributed by atoms with E-state index in [2.05, 4.69) is 47.4 Å². The van der Waals surface area contributed by atoms with Crippen molar-refractivity contribution in [3.8, 4) is 0 Å². The van der Waals surface area contributed by atoms with Gasteiger partial charge < -0.3 is 10.6 Å². The van der Waals surface area contributed by atoms with Gasteiger partial charge in [0.2, 0.25) is 5.91 Å². The Bertz CT molecular complexity index is 604. The molecule has 0 spiro atoms. The fourth-order valence-electron chi connectivity index (χ4n) is 4.42. The van der Waals surface area contributed by atoms with E-state index in [1.165, 1.54) is 18.5 Å². The van der Waals surface area contributed by atoms with Crippen LogP contribution in [0.5, 0.6) is 0 Å². The minimum absolute atomic E-state index is 0. The molecule has 3 rings (SSSR count). The van der Waals surface area contributed by atoms with Crippen molar-refractivity contribution in [3.05, 3.63) is 30.1 Å². The fourth-order valence-corrected chi connectivity index (χ4v) is 4.42. The van der Waals surface area contributed by atoms with Crippen molar-refractivity contribution >= 4 is 18.3 Å². The van der Waals surface area contributed by atoms with Crippen LogP contribution in [-0.2, 0) is 11.3 Å². The lowest BCUT2D eigenvalue weighted by molar-refractivity contribution is -0.121. The second-order valence-electron chi connectivity index (χ2n) is 9.66. The van der Waals surface area contributed by atoms with Gasteiger partial charge in [-0.3, -0.25) is 14.7 Å². The van der Waals surface area contributed by atoms with Crippen LogP contribution in [0.2, 0.25) is 0 Å². The number of carbonyl (C=O) groups is 1. The maximum absolute atomic E-state index is 12.1. The summed E-state index contributed by atoms with van der Waals surface area (Å²) in [5.41, 5.74) is 1.45. The molecule has 28 heavy (non-hydrogen) atoms. The van der Waals surface area contributed by atoms with Crippen molar-refractivity contribution in [2.75, 3.05) is 26.2 Å². The summed E-state index contributed by atoms with van der Waals surface area (Å²) in [6.45, 7) is 11.6. The average molecular weight is 409 g/mol. The number of fused-ring (bicyclic) bond motifs is 2. The van der Waals surface area contributed by atoms with E-state index in [1.807, 2.05) is 18.5 Å². The summed E-state index contributed by atoms with van der Waals surface area (Å²) in [7, 11) is 0. The van der Waals surface area contributed by atoms with Crippen molar-refractivity contribution < 1.29 is 4.79 Å². The topological polar surface area (TPSA) is 57.3 Å². The Morgan fingerprint density at radius 3 is 2.89 bits per heavy atom. The van der Waals surface area contributed by atoms with Crippen LogP contribution in [0.4, 0.5) is 0 Å². The number of pyridine rings is 1. The van der Waals surface area contributed by atoms with Gasteiger partial charge in [-0.05, 0) is 54.7 Å². The van der Waals surface area contributed by atoms with Crippen molar-refractivity contribution in [3.63, 3.8) is 0 Å². The van der Waals surface area contributed by atoms with E-state index in [1.54, 1.807) is 0 Å². The smallest absolute Gasteiger partial charge is 0.220 e. The number of nitrogens with zero attached hydrogens (tertiary/aromatic N) is 2. The molecule has 158 valence electrons. The third-order valence-corrected chi connectivity index (χ3v) is 5.75. The maximum Gasteiger partial charge on any atom is 0.220 e. The standard InChI is InChI=1S/C22H36N4O.ClH/c1-22(2,3)16-25-21(27)8-4-7-20-19-10-18(12-24-20)14-26(15-19)13-17-6-5-9-23-11-17;/h5-6,9,11,18-20,24H,4,7-8,10,12-16H2,1-3H3,(H,25,27);1H/t18?,19?,20-;/m1./s1. The normalized spacial score (nSPS) is 25.0. The van der Waals surface area contributed by atoms with E-state index in [4.69, 9.17) is 0 Å². The first-order valence-corrected chi connectivity index (χ1v) is 10.5. The number of amides is 1. The fraction of sp³-hybridized carbons (Fsp3) is 0.727. The molecule has 0 saturated carbocycles. The van der Waals surface area contributed by atoms with Crippen LogP contribution in [-0.4, -0.2) is 48.0 Å². The number of halogens is 1. The summed E-state index contributed by atoms with van der Waals surface area (Å²) in [6, 6.07) is 4.74. The molecule has 0 aliphatic carbocycles. The van der Waals surface area contributed by atoms with Crippen LogP contribution >= 0.6 is 12.4 Å². The number of rotatable bonds is 7. The molecule has 0 radical (unpaired) electrons. The van der Waals surface area contributed by atoms with Crippen LogP contribution in [0.25, 0.3) is 0 Å². The molecule has 2 fully saturated rings. The van der Waals surface area contributed by atoms with Crippen LogP contribution < -0.4 is 10.6 Å². The van der Waals surface area contributed by atoms with Crippen LogP contribution in [0.3, 0.4) is 0 Å². The first-order valence-electron chi connectivity index (χ1n) is 10.5. The average Bonchev–Trinajstić information content (AvgIpc) is 2.62. The Hall–Kier alpha value is -1.17. The second-order valence-corrected chi connectivity index (χ2v) is 9.66. The molecular formula is C22H37ClN4O. The van der Waals surface area contributed by atoms with E-state index in [0.29, 0.717) is 18.4 Å². The summed E-state index contributed by atoms with van der Waals surface area (Å²) in [5, 5.41) is 6.83. The van der Waals surface area contributed by atoms with E-state index in [9.17, 15) is 4.79 Å². The quantitative estimate of drug-likeness (QED) is 0.727. The molecule has 0 aromatic carbocycles. The molecule has 3 atom stereocenters. The highest BCUT2D eigenvalue weighted by molar-refractivity contribution is 5.85. The Morgan fingerprint density at radius 2 is 2.18 bits per heavy atom. The van der Waals surface area contributed by atoms with Gasteiger partial charge in [0, 0.05) is 51.0 Å². The molecule has 3 heterocycles. The summed E-state index contributed by atoms with van der Waals surface area (Å²) in [5.74, 6) is 1.65. The SMILES string of the molecule is CC(C)(C)CNC(=O)CCC[C@H]1NCC2CC1CN(Cc1cccnc1)C2.Cl. The third kappa shape index (κ3) is 7.34. The molecule has 2 bridgehead atoms. The third-order valence-electron chi connectivity index (χ3n) is 5.75. The molecular weight excluding hydrogens is 372 g/mol. The molecule has 1 aromatic heterocycles. The number of piperidine rings is 2. The Labute approximate surface area is 176 Å². The number of hydrogen-bond donors (Lipinski definition) is 2. The molecule has 2 aliphatic rings. The highest BCUT2D eigenvalue weighted by atomic mass is 35.5. The Kier molecular flexibility index (Phi) is 8.72. The van der Waals surface area contributed by atoms with Gasteiger partial charge in [-0.1, -0.05) is 26.8 Å². The van der Waals surface area contributed by atoms with E-state index in [-0.39, 0.29) is 23.7 Å². The predicted molar refractivity (Wildman–Crippen MR) is 116 cm³/mol.